The molecule has 1 saturated carbocycles. The third kappa shape index (κ3) is 5.63. The number of amides is 2. The van der Waals surface area contributed by atoms with Gasteiger partial charge in [0.05, 0.1) is 18.1 Å². The highest BCUT2D eigenvalue weighted by Crippen LogP contribution is 2.64. The number of rotatable bonds is 16. The van der Waals surface area contributed by atoms with Crippen LogP contribution in [-0.2, 0) is 23.9 Å². The molecule has 40 heavy (non-hydrogen) atoms. The van der Waals surface area contributed by atoms with Crippen LogP contribution in [0.3, 0.4) is 0 Å². The average Bonchev–Trinajstić information content (AvgIpc) is 3.57. The van der Waals surface area contributed by atoms with E-state index in [0.29, 0.717) is 51.8 Å². The molecule has 2 unspecified atom stereocenters. The van der Waals surface area contributed by atoms with Crippen LogP contribution in [-0.4, -0.2) is 82.3 Å². The second kappa shape index (κ2) is 13.6. The van der Waals surface area contributed by atoms with Crippen LogP contribution in [0, 0.1) is 11.8 Å². The normalized spacial score (nSPS) is 31.3. The number of carbonyl (C=O) groups excluding carboxylic acids is 3. The van der Waals surface area contributed by atoms with Gasteiger partial charge in [-0.1, -0.05) is 38.3 Å². The van der Waals surface area contributed by atoms with E-state index < -0.39 is 29.1 Å². The van der Waals surface area contributed by atoms with Gasteiger partial charge in [-0.05, 0) is 70.6 Å². The highest BCUT2D eigenvalue weighted by Gasteiger charge is 2.79. The molecule has 8 heteroatoms. The molecule has 0 aromatic carbocycles. The summed E-state index contributed by atoms with van der Waals surface area (Å²) >= 11 is 0. The predicted molar refractivity (Wildman–Crippen MR) is 153 cm³/mol. The van der Waals surface area contributed by atoms with E-state index in [4.69, 9.17) is 9.47 Å². The second-order valence-electron chi connectivity index (χ2n) is 12.2. The van der Waals surface area contributed by atoms with E-state index in [-0.39, 0.29) is 30.4 Å². The standard InChI is InChI=1S/C32H50N2O6/c1-4-7-8-15-23-39-30(38)26-25-28(36)34(21-13-10-14-22-35)27(32(25)19-18-31(26,6-3)40-32)29(37)33(20-5-2)24-16-11-9-12-17-24/h4-5,24-27,35H,1-2,6-23H2,3H3/t25-,26-,27?,31+,32?/m0/s1. The van der Waals surface area contributed by atoms with Crippen molar-refractivity contribution in [2.24, 2.45) is 11.8 Å². The number of likely N-dealkylation sites (tertiary alicyclic amines) is 1. The zero-order valence-corrected chi connectivity index (χ0v) is 24.5. The number of hydrogen-bond acceptors (Lipinski definition) is 6. The van der Waals surface area contributed by atoms with Crippen LogP contribution in [0.4, 0.5) is 0 Å². The van der Waals surface area contributed by atoms with Crippen LogP contribution in [0.15, 0.2) is 25.3 Å². The molecule has 4 aliphatic rings. The number of esters is 1. The van der Waals surface area contributed by atoms with Gasteiger partial charge in [-0.3, -0.25) is 14.4 Å². The first-order valence-corrected chi connectivity index (χ1v) is 15.7. The maximum Gasteiger partial charge on any atom is 0.312 e. The molecule has 3 saturated heterocycles. The number of allylic oxidation sites excluding steroid dienone is 1. The Balaban J connectivity index is 1.66. The van der Waals surface area contributed by atoms with E-state index >= 15 is 0 Å². The monoisotopic (exact) mass is 558 g/mol. The Kier molecular flexibility index (Phi) is 10.5. The molecule has 0 aromatic heterocycles. The Labute approximate surface area is 240 Å². The van der Waals surface area contributed by atoms with Crippen molar-refractivity contribution in [1.29, 1.82) is 0 Å². The van der Waals surface area contributed by atoms with E-state index in [0.717, 1.165) is 51.4 Å². The number of ether oxygens (including phenoxy) is 2. The van der Waals surface area contributed by atoms with Gasteiger partial charge in [-0.25, -0.2) is 0 Å². The zero-order valence-electron chi connectivity index (χ0n) is 24.5. The molecule has 4 rings (SSSR count). The molecular weight excluding hydrogens is 508 g/mol. The van der Waals surface area contributed by atoms with Crippen LogP contribution in [0.25, 0.3) is 0 Å². The third-order valence-corrected chi connectivity index (χ3v) is 9.90. The molecule has 224 valence electrons. The lowest BCUT2D eigenvalue weighted by molar-refractivity contribution is -0.162. The van der Waals surface area contributed by atoms with Crippen molar-refractivity contribution in [2.75, 3.05) is 26.3 Å². The van der Waals surface area contributed by atoms with Gasteiger partial charge in [0.2, 0.25) is 11.8 Å². The van der Waals surface area contributed by atoms with Gasteiger partial charge < -0.3 is 24.4 Å². The second-order valence-corrected chi connectivity index (χ2v) is 12.2. The quantitative estimate of drug-likeness (QED) is 0.170. The Bertz CT molecular complexity index is 932. The van der Waals surface area contributed by atoms with E-state index in [1.54, 1.807) is 11.0 Å². The highest BCUT2D eigenvalue weighted by molar-refractivity contribution is 5.98. The van der Waals surface area contributed by atoms with Crippen molar-refractivity contribution in [3.05, 3.63) is 25.3 Å². The third-order valence-electron chi connectivity index (χ3n) is 9.90. The zero-order chi connectivity index (χ0) is 28.8. The number of hydrogen-bond donors (Lipinski definition) is 1. The molecule has 3 heterocycles. The van der Waals surface area contributed by atoms with Crippen LogP contribution in [0.1, 0.15) is 96.8 Å². The van der Waals surface area contributed by atoms with Gasteiger partial charge >= 0.3 is 5.97 Å². The first-order valence-electron chi connectivity index (χ1n) is 15.7. The number of aliphatic hydroxyl groups excluding tert-OH is 1. The Hall–Kier alpha value is -2.19. The predicted octanol–water partition coefficient (Wildman–Crippen LogP) is 4.55. The maximum absolute atomic E-state index is 14.6. The topological polar surface area (TPSA) is 96.4 Å². The summed E-state index contributed by atoms with van der Waals surface area (Å²) in [5, 5.41) is 9.29. The molecule has 0 aromatic rings. The lowest BCUT2D eigenvalue weighted by Crippen LogP contribution is -2.58. The molecule has 2 bridgehead atoms. The summed E-state index contributed by atoms with van der Waals surface area (Å²) in [6.07, 6.45) is 15.3. The number of nitrogens with zero attached hydrogens (tertiary/aromatic N) is 2. The van der Waals surface area contributed by atoms with Gasteiger partial charge in [0, 0.05) is 25.7 Å². The van der Waals surface area contributed by atoms with Crippen molar-refractivity contribution in [2.45, 2.75) is 120 Å². The van der Waals surface area contributed by atoms with Crippen LogP contribution >= 0.6 is 0 Å². The summed E-state index contributed by atoms with van der Waals surface area (Å²) in [5.74, 6) is -2.03. The van der Waals surface area contributed by atoms with Gasteiger partial charge in [0.25, 0.3) is 0 Å². The smallest absolute Gasteiger partial charge is 0.312 e. The van der Waals surface area contributed by atoms with Crippen molar-refractivity contribution < 1.29 is 29.0 Å². The fourth-order valence-electron chi connectivity index (χ4n) is 7.93. The van der Waals surface area contributed by atoms with E-state index in [9.17, 15) is 19.5 Å². The highest BCUT2D eigenvalue weighted by atomic mass is 16.6. The first kappa shape index (κ1) is 30.8. The molecule has 4 fully saturated rings. The molecule has 1 aliphatic carbocycles. The lowest BCUT2D eigenvalue weighted by atomic mass is 9.65. The fraction of sp³-hybridized carbons (Fsp3) is 0.781. The average molecular weight is 559 g/mol. The molecule has 1 N–H and O–H groups in total. The Morgan fingerprint density at radius 1 is 1.10 bits per heavy atom. The minimum atomic E-state index is -1.03. The summed E-state index contributed by atoms with van der Waals surface area (Å²) in [4.78, 5) is 46.2. The fourth-order valence-corrected chi connectivity index (χ4v) is 7.93. The molecule has 3 aliphatic heterocycles. The molecule has 8 nitrogen and oxygen atoms in total. The summed E-state index contributed by atoms with van der Waals surface area (Å²) in [7, 11) is 0. The molecule has 2 amide bonds. The van der Waals surface area contributed by atoms with Crippen molar-refractivity contribution in [3.63, 3.8) is 0 Å². The minimum Gasteiger partial charge on any atom is -0.465 e. The van der Waals surface area contributed by atoms with E-state index in [2.05, 4.69) is 13.2 Å². The van der Waals surface area contributed by atoms with Gasteiger partial charge in [-0.15, -0.1) is 13.2 Å². The Morgan fingerprint density at radius 3 is 2.55 bits per heavy atom. The van der Waals surface area contributed by atoms with Gasteiger partial charge in [-0.2, -0.15) is 0 Å². The number of aliphatic hydroxyl groups is 1. The minimum absolute atomic E-state index is 0.0739. The van der Waals surface area contributed by atoms with Crippen LogP contribution in [0.5, 0.6) is 0 Å². The first-order chi connectivity index (χ1) is 19.4. The molecule has 1 spiro atoms. The SMILES string of the molecule is C=CCCCCOC(=O)[C@@H]1[C@H]2C(=O)N(CCCCCO)C(C(=O)N(CC=C)C3CCCCC3)C23CC[C@@]1(CC)O3. The van der Waals surface area contributed by atoms with E-state index in [1.165, 1.54) is 6.42 Å². The lowest BCUT2D eigenvalue weighted by Gasteiger charge is -2.41. The van der Waals surface area contributed by atoms with Crippen molar-refractivity contribution >= 4 is 17.8 Å². The largest absolute Gasteiger partial charge is 0.465 e. The summed E-state index contributed by atoms with van der Waals surface area (Å²) in [6, 6.07) is -0.643. The van der Waals surface area contributed by atoms with E-state index in [1.807, 2.05) is 17.9 Å². The van der Waals surface area contributed by atoms with Crippen LogP contribution < -0.4 is 0 Å². The number of carbonyl (C=O) groups is 3. The number of fused-ring (bicyclic) bond motifs is 1. The maximum atomic E-state index is 14.6. The molecule has 0 radical (unpaired) electrons. The van der Waals surface area contributed by atoms with Crippen molar-refractivity contribution in [3.8, 4) is 0 Å². The summed E-state index contributed by atoms with van der Waals surface area (Å²) in [5.41, 5.74) is -1.81. The summed E-state index contributed by atoms with van der Waals surface area (Å²) in [6.45, 7) is 10.9. The van der Waals surface area contributed by atoms with Crippen LogP contribution in [0.2, 0.25) is 0 Å². The van der Waals surface area contributed by atoms with Crippen molar-refractivity contribution in [1.82, 2.24) is 9.80 Å². The molecule has 5 atom stereocenters. The number of unbranched alkanes of at least 4 members (excludes halogenated alkanes) is 4. The van der Waals surface area contributed by atoms with Gasteiger partial charge in [0.15, 0.2) is 0 Å². The Morgan fingerprint density at radius 2 is 1.88 bits per heavy atom. The summed E-state index contributed by atoms with van der Waals surface area (Å²) < 4.78 is 12.7. The molecular formula is C32H50N2O6. The van der Waals surface area contributed by atoms with Gasteiger partial charge in [0.1, 0.15) is 17.6 Å².